The molecule has 0 unspecified atom stereocenters. The predicted octanol–water partition coefficient (Wildman–Crippen LogP) is 6.39. The van der Waals surface area contributed by atoms with Crippen molar-refractivity contribution in [2.24, 2.45) is 5.10 Å². The third-order valence-corrected chi connectivity index (χ3v) is 5.45. The fourth-order valence-corrected chi connectivity index (χ4v) is 3.47. The molecular formula is C26H33ClN4O3. The number of carbonyl (C=O) groups is 2. The van der Waals surface area contributed by atoms with Crippen LogP contribution in [0.15, 0.2) is 53.6 Å². The minimum absolute atomic E-state index is 0.491. The number of hydrogen-bond donors (Lipinski definition) is 3. The lowest BCUT2D eigenvalue weighted by Crippen LogP contribution is -2.29. The Hall–Kier alpha value is -3.32. The SMILES string of the molecule is CCCCN(CCCC)c1ccc(/C(C)=C/C(=O)O)cc1NC(=O)N/N=C/c1ccc(Cl)cc1. The van der Waals surface area contributed by atoms with Crippen molar-refractivity contribution in [3.63, 3.8) is 0 Å². The van der Waals surface area contributed by atoms with Gasteiger partial charge in [0.1, 0.15) is 0 Å². The number of aliphatic carboxylic acids is 1. The number of halogens is 1. The molecule has 0 aliphatic rings. The van der Waals surface area contributed by atoms with Crippen molar-refractivity contribution < 1.29 is 14.7 Å². The largest absolute Gasteiger partial charge is 0.478 e. The van der Waals surface area contributed by atoms with Gasteiger partial charge in [-0.25, -0.2) is 15.0 Å². The minimum Gasteiger partial charge on any atom is -0.478 e. The first-order valence-electron chi connectivity index (χ1n) is 11.5. The van der Waals surface area contributed by atoms with Crippen LogP contribution in [-0.2, 0) is 4.79 Å². The Kier molecular flexibility index (Phi) is 11.1. The Bertz CT molecular complexity index is 1010. The quantitative estimate of drug-likeness (QED) is 0.185. The topological polar surface area (TPSA) is 94.0 Å². The number of unbranched alkanes of at least 4 members (excludes halogenated alkanes) is 2. The van der Waals surface area contributed by atoms with E-state index in [1.54, 1.807) is 37.3 Å². The summed E-state index contributed by atoms with van der Waals surface area (Å²) in [5.74, 6) is -1.02. The second kappa shape index (κ2) is 14.1. The molecule has 3 N–H and O–H groups in total. The molecule has 0 aliphatic carbocycles. The van der Waals surface area contributed by atoms with Crippen molar-refractivity contribution in [3.8, 4) is 0 Å². The Morgan fingerprint density at radius 3 is 2.29 bits per heavy atom. The summed E-state index contributed by atoms with van der Waals surface area (Å²) in [6.45, 7) is 7.75. The van der Waals surface area contributed by atoms with Crippen molar-refractivity contribution in [3.05, 3.63) is 64.7 Å². The third kappa shape index (κ3) is 8.90. The second-order valence-electron chi connectivity index (χ2n) is 7.97. The van der Waals surface area contributed by atoms with Crippen LogP contribution in [0.5, 0.6) is 0 Å². The Balaban J connectivity index is 2.28. The number of urea groups is 1. The molecule has 182 valence electrons. The van der Waals surface area contributed by atoms with Gasteiger partial charge in [0.15, 0.2) is 0 Å². The lowest BCUT2D eigenvalue weighted by molar-refractivity contribution is -0.131. The van der Waals surface area contributed by atoms with Gasteiger partial charge in [0.05, 0.1) is 17.6 Å². The summed E-state index contributed by atoms with van der Waals surface area (Å²) in [4.78, 5) is 26.0. The van der Waals surface area contributed by atoms with Crippen LogP contribution in [0.3, 0.4) is 0 Å². The Labute approximate surface area is 206 Å². The average molecular weight is 485 g/mol. The molecule has 0 fully saturated rings. The summed E-state index contributed by atoms with van der Waals surface area (Å²) in [7, 11) is 0. The second-order valence-corrected chi connectivity index (χ2v) is 8.40. The van der Waals surface area contributed by atoms with E-state index in [4.69, 9.17) is 16.7 Å². The van der Waals surface area contributed by atoms with Gasteiger partial charge in [-0.05, 0) is 60.7 Å². The van der Waals surface area contributed by atoms with Gasteiger partial charge in [-0.15, -0.1) is 0 Å². The van der Waals surface area contributed by atoms with Crippen molar-refractivity contribution in [1.82, 2.24) is 5.43 Å². The number of benzene rings is 2. The Morgan fingerprint density at radius 2 is 1.71 bits per heavy atom. The number of amides is 2. The first-order valence-corrected chi connectivity index (χ1v) is 11.9. The molecule has 0 bridgehead atoms. The monoisotopic (exact) mass is 484 g/mol. The van der Waals surface area contributed by atoms with Gasteiger partial charge < -0.3 is 15.3 Å². The molecule has 7 nitrogen and oxygen atoms in total. The van der Waals surface area contributed by atoms with E-state index in [-0.39, 0.29) is 0 Å². The summed E-state index contributed by atoms with van der Waals surface area (Å²) < 4.78 is 0. The number of anilines is 2. The van der Waals surface area contributed by atoms with Gasteiger partial charge in [0.25, 0.3) is 0 Å². The van der Waals surface area contributed by atoms with Crippen LogP contribution in [0.1, 0.15) is 57.6 Å². The predicted molar refractivity (Wildman–Crippen MR) is 141 cm³/mol. The van der Waals surface area contributed by atoms with Crippen molar-refractivity contribution in [2.75, 3.05) is 23.3 Å². The van der Waals surface area contributed by atoms with Crippen LogP contribution < -0.4 is 15.6 Å². The number of rotatable bonds is 12. The van der Waals surface area contributed by atoms with E-state index in [1.807, 2.05) is 12.1 Å². The highest BCUT2D eigenvalue weighted by molar-refractivity contribution is 6.30. The van der Waals surface area contributed by atoms with Crippen molar-refractivity contribution in [1.29, 1.82) is 0 Å². The molecular weight excluding hydrogens is 452 g/mol. The normalized spacial score (nSPS) is 11.5. The average Bonchev–Trinajstić information content (AvgIpc) is 2.80. The molecule has 34 heavy (non-hydrogen) atoms. The van der Waals surface area contributed by atoms with Crippen LogP contribution in [0.4, 0.5) is 16.2 Å². The van der Waals surface area contributed by atoms with Gasteiger partial charge in [0, 0.05) is 24.2 Å². The standard InChI is InChI=1S/C26H33ClN4O3/c1-4-6-14-31(15-7-5-2)24-13-10-21(19(3)16-25(32)33)17-23(24)29-26(34)30-28-18-20-8-11-22(27)12-9-20/h8-13,16-18H,4-7,14-15H2,1-3H3,(H,32,33)(H2,29,30,34)/b19-16+,28-18+. The number of nitrogens with one attached hydrogen (secondary N) is 2. The molecule has 0 saturated carbocycles. The fraction of sp³-hybridized carbons (Fsp3) is 0.346. The van der Waals surface area contributed by atoms with Crippen LogP contribution in [0.25, 0.3) is 5.57 Å². The summed E-state index contributed by atoms with van der Waals surface area (Å²) in [6, 6.07) is 12.2. The number of hydrogen-bond acceptors (Lipinski definition) is 4. The molecule has 0 aliphatic heterocycles. The molecule has 0 heterocycles. The van der Waals surface area contributed by atoms with Gasteiger partial charge in [-0.3, -0.25) is 0 Å². The lowest BCUT2D eigenvalue weighted by atomic mass is 10.0. The van der Waals surface area contributed by atoms with Gasteiger partial charge in [-0.2, -0.15) is 5.10 Å². The van der Waals surface area contributed by atoms with E-state index >= 15 is 0 Å². The summed E-state index contributed by atoms with van der Waals surface area (Å²) >= 11 is 5.89. The molecule has 0 aromatic heterocycles. The molecule has 2 aromatic carbocycles. The van der Waals surface area contributed by atoms with Crippen LogP contribution in [-0.4, -0.2) is 36.4 Å². The maximum absolute atomic E-state index is 12.6. The maximum Gasteiger partial charge on any atom is 0.339 e. The van der Waals surface area contributed by atoms with Gasteiger partial charge in [-0.1, -0.05) is 56.5 Å². The zero-order chi connectivity index (χ0) is 24.9. The summed E-state index contributed by atoms with van der Waals surface area (Å²) in [5, 5.41) is 16.6. The summed E-state index contributed by atoms with van der Waals surface area (Å²) in [6.07, 6.45) is 6.86. The first kappa shape index (κ1) is 26.9. The van der Waals surface area contributed by atoms with Crippen LogP contribution >= 0.6 is 11.6 Å². The molecule has 0 saturated heterocycles. The van der Waals surface area contributed by atoms with E-state index in [1.165, 1.54) is 6.21 Å². The maximum atomic E-state index is 12.6. The smallest absolute Gasteiger partial charge is 0.339 e. The highest BCUT2D eigenvalue weighted by atomic mass is 35.5. The zero-order valence-electron chi connectivity index (χ0n) is 20.0. The molecule has 2 amide bonds. The molecule has 0 atom stereocenters. The highest BCUT2D eigenvalue weighted by Crippen LogP contribution is 2.30. The highest BCUT2D eigenvalue weighted by Gasteiger charge is 2.15. The minimum atomic E-state index is -1.02. The van der Waals surface area contributed by atoms with Crippen molar-refractivity contribution in [2.45, 2.75) is 46.5 Å². The van der Waals surface area contributed by atoms with Crippen molar-refractivity contribution >= 4 is 46.8 Å². The zero-order valence-corrected chi connectivity index (χ0v) is 20.7. The van der Waals surface area contributed by atoms with Crippen LogP contribution in [0.2, 0.25) is 5.02 Å². The number of carbonyl (C=O) groups excluding carboxylic acids is 1. The molecule has 2 rings (SSSR count). The van der Waals surface area contributed by atoms with Crippen LogP contribution in [0, 0.1) is 0 Å². The third-order valence-electron chi connectivity index (χ3n) is 5.19. The molecule has 2 aromatic rings. The molecule has 0 spiro atoms. The van der Waals surface area contributed by atoms with E-state index in [9.17, 15) is 9.59 Å². The number of carboxylic acid groups (broad SMARTS) is 1. The van der Waals surface area contributed by atoms with E-state index in [0.29, 0.717) is 16.3 Å². The fourth-order valence-electron chi connectivity index (χ4n) is 3.34. The number of carboxylic acids is 1. The number of allylic oxidation sites excluding steroid dienone is 1. The van der Waals surface area contributed by atoms with Gasteiger partial charge in [0.2, 0.25) is 0 Å². The van der Waals surface area contributed by atoms with E-state index < -0.39 is 12.0 Å². The summed E-state index contributed by atoms with van der Waals surface area (Å²) in [5.41, 5.74) is 6.09. The molecule has 8 heteroatoms. The van der Waals surface area contributed by atoms with E-state index in [0.717, 1.165) is 61.7 Å². The Morgan fingerprint density at radius 1 is 1.06 bits per heavy atom. The first-order chi connectivity index (χ1) is 16.3. The number of hydrazone groups is 1. The van der Waals surface area contributed by atoms with E-state index in [2.05, 4.69) is 34.6 Å². The molecule has 0 radical (unpaired) electrons. The van der Waals surface area contributed by atoms with Gasteiger partial charge >= 0.3 is 12.0 Å². The number of nitrogens with zero attached hydrogens (tertiary/aromatic N) is 2. The lowest BCUT2D eigenvalue weighted by Gasteiger charge is -2.27.